The van der Waals surface area contributed by atoms with Crippen LogP contribution >= 0.6 is 0 Å². The maximum atomic E-state index is 11.1. The molecule has 0 aliphatic rings. The van der Waals surface area contributed by atoms with Crippen molar-refractivity contribution in [1.82, 2.24) is 13.7 Å². The van der Waals surface area contributed by atoms with Crippen LogP contribution in [0.4, 0.5) is 0 Å². The average Bonchev–Trinajstić information content (AvgIpc) is 3.89. The molecular formula is C50H29N5. The minimum atomic E-state index is 0.574. The third kappa shape index (κ3) is 4.33. The van der Waals surface area contributed by atoms with E-state index in [0.29, 0.717) is 11.1 Å². The van der Waals surface area contributed by atoms with E-state index in [1.54, 1.807) is 0 Å². The summed E-state index contributed by atoms with van der Waals surface area (Å²) >= 11 is 0. The first kappa shape index (κ1) is 30.7. The molecule has 0 N–H and O–H groups in total. The van der Waals surface area contributed by atoms with Crippen molar-refractivity contribution < 1.29 is 0 Å². The maximum absolute atomic E-state index is 11.1. The van der Waals surface area contributed by atoms with Crippen molar-refractivity contribution in [3.8, 4) is 40.3 Å². The number of nitrogens with zero attached hydrogens (tertiary/aromatic N) is 5. The van der Waals surface area contributed by atoms with Crippen LogP contribution in [0.5, 0.6) is 0 Å². The molecule has 0 aliphatic carbocycles. The molecule has 0 radical (unpaired) electrons. The largest absolute Gasteiger partial charge is 0.309 e. The van der Waals surface area contributed by atoms with Crippen LogP contribution in [-0.2, 0) is 0 Å². The fourth-order valence-corrected chi connectivity index (χ4v) is 8.88. The summed E-state index contributed by atoms with van der Waals surface area (Å²) in [6.45, 7) is 0. The van der Waals surface area contributed by atoms with Gasteiger partial charge in [-0.3, -0.25) is 0 Å². The number of fused-ring (bicyclic) bond motifs is 9. The van der Waals surface area contributed by atoms with E-state index in [2.05, 4.69) is 147 Å². The number of rotatable bonds is 4. The van der Waals surface area contributed by atoms with Crippen LogP contribution in [0.1, 0.15) is 11.1 Å². The molecule has 0 spiro atoms. The van der Waals surface area contributed by atoms with Gasteiger partial charge in [-0.15, -0.1) is 0 Å². The minimum absolute atomic E-state index is 0.574. The third-order valence-corrected chi connectivity index (χ3v) is 11.1. The zero-order chi connectivity index (χ0) is 36.6. The van der Waals surface area contributed by atoms with Gasteiger partial charge in [0.15, 0.2) is 0 Å². The lowest BCUT2D eigenvalue weighted by Crippen LogP contribution is -2.02. The Morgan fingerprint density at radius 3 is 1.51 bits per heavy atom. The van der Waals surface area contributed by atoms with Crippen molar-refractivity contribution in [3.63, 3.8) is 0 Å². The first-order valence-corrected chi connectivity index (χ1v) is 18.3. The molecule has 0 atom stereocenters. The molecule has 5 nitrogen and oxygen atoms in total. The van der Waals surface area contributed by atoms with Gasteiger partial charge >= 0.3 is 0 Å². The van der Waals surface area contributed by atoms with E-state index in [1.807, 2.05) is 54.6 Å². The predicted octanol–water partition coefficient (Wildman–Crippen LogP) is 12.4. The molecule has 3 aromatic heterocycles. The van der Waals surface area contributed by atoms with Crippen molar-refractivity contribution in [1.29, 1.82) is 10.5 Å². The lowest BCUT2D eigenvalue weighted by atomic mass is 9.96. The smallest absolute Gasteiger partial charge is 0.102 e. The fourth-order valence-electron chi connectivity index (χ4n) is 8.88. The highest BCUT2D eigenvalue weighted by Crippen LogP contribution is 2.41. The number of para-hydroxylation sites is 6. The standard InChI is InChI=1S/C50H29N5/c51-30-32-13-11-20-40-38-17-4-10-25-47(38)55(50(32)40)46-24-9-1-14-35(46)34-19-12-26-48(42(34)31-52)54-45-23-8-5-18-39(45)41-29-33(27-28-49(41)54)53-43-21-6-2-15-36(43)37-16-3-7-22-44(37)53/h1-29H. The van der Waals surface area contributed by atoms with Crippen LogP contribution in [0.2, 0.25) is 0 Å². The normalized spacial score (nSPS) is 11.6. The quantitative estimate of drug-likeness (QED) is 0.184. The molecule has 0 saturated heterocycles. The van der Waals surface area contributed by atoms with Gasteiger partial charge in [-0.2, -0.15) is 10.5 Å². The summed E-state index contributed by atoms with van der Waals surface area (Å²) in [5.74, 6) is 0. The zero-order valence-electron chi connectivity index (χ0n) is 29.5. The molecule has 0 unspecified atom stereocenters. The molecule has 11 aromatic rings. The summed E-state index contributed by atoms with van der Waals surface area (Å²) in [6.07, 6.45) is 0. The van der Waals surface area contributed by atoms with Crippen molar-refractivity contribution in [2.45, 2.75) is 0 Å². The van der Waals surface area contributed by atoms with Gasteiger partial charge in [-0.25, -0.2) is 0 Å². The van der Waals surface area contributed by atoms with E-state index < -0.39 is 0 Å². The number of nitriles is 2. The van der Waals surface area contributed by atoms with Gasteiger partial charge in [0.1, 0.15) is 12.1 Å². The second-order valence-electron chi connectivity index (χ2n) is 13.9. The lowest BCUT2D eigenvalue weighted by molar-refractivity contribution is 1.15. The van der Waals surface area contributed by atoms with Gasteiger partial charge in [-0.1, -0.05) is 115 Å². The summed E-state index contributed by atoms with van der Waals surface area (Å²) in [4.78, 5) is 0. The van der Waals surface area contributed by atoms with Crippen molar-refractivity contribution in [2.75, 3.05) is 0 Å². The molecule has 254 valence electrons. The molecule has 5 heteroatoms. The molecule has 0 bridgehead atoms. The van der Waals surface area contributed by atoms with Crippen LogP contribution in [0.3, 0.4) is 0 Å². The van der Waals surface area contributed by atoms with Gasteiger partial charge in [0.2, 0.25) is 0 Å². The van der Waals surface area contributed by atoms with E-state index in [9.17, 15) is 10.5 Å². The topological polar surface area (TPSA) is 62.4 Å². The Balaban J connectivity index is 1.16. The van der Waals surface area contributed by atoms with Gasteiger partial charge < -0.3 is 13.7 Å². The van der Waals surface area contributed by atoms with Crippen LogP contribution in [0.25, 0.3) is 93.6 Å². The predicted molar refractivity (Wildman–Crippen MR) is 224 cm³/mol. The highest BCUT2D eigenvalue weighted by atomic mass is 15.0. The van der Waals surface area contributed by atoms with E-state index in [1.165, 1.54) is 10.8 Å². The first-order valence-electron chi connectivity index (χ1n) is 18.3. The Labute approximate surface area is 316 Å². The summed E-state index contributed by atoms with van der Waals surface area (Å²) in [5, 5.41) is 28.1. The molecule has 11 rings (SSSR count). The van der Waals surface area contributed by atoms with E-state index in [-0.39, 0.29) is 0 Å². The monoisotopic (exact) mass is 699 g/mol. The molecule has 8 aromatic carbocycles. The Bertz CT molecular complexity index is 3420. The van der Waals surface area contributed by atoms with Gasteiger partial charge in [0.25, 0.3) is 0 Å². The highest BCUT2D eigenvalue weighted by Gasteiger charge is 2.22. The van der Waals surface area contributed by atoms with E-state index in [0.717, 1.165) is 82.8 Å². The summed E-state index contributed by atoms with van der Waals surface area (Å²) < 4.78 is 6.77. The Morgan fingerprint density at radius 2 is 0.836 bits per heavy atom. The van der Waals surface area contributed by atoms with Crippen LogP contribution in [0.15, 0.2) is 176 Å². The van der Waals surface area contributed by atoms with Gasteiger partial charge in [0.05, 0.1) is 55.6 Å². The van der Waals surface area contributed by atoms with Crippen LogP contribution in [0, 0.1) is 22.7 Å². The second-order valence-corrected chi connectivity index (χ2v) is 13.9. The van der Waals surface area contributed by atoms with Gasteiger partial charge in [-0.05, 0) is 60.7 Å². The minimum Gasteiger partial charge on any atom is -0.309 e. The molecule has 55 heavy (non-hydrogen) atoms. The average molecular weight is 700 g/mol. The van der Waals surface area contributed by atoms with Crippen molar-refractivity contribution >= 4 is 65.4 Å². The molecule has 0 amide bonds. The molecular weight excluding hydrogens is 671 g/mol. The highest BCUT2D eigenvalue weighted by molar-refractivity contribution is 6.13. The number of hydrogen-bond acceptors (Lipinski definition) is 2. The number of aromatic nitrogens is 3. The number of hydrogen-bond donors (Lipinski definition) is 0. The molecule has 0 saturated carbocycles. The Hall–Kier alpha value is -7.86. The molecule has 3 heterocycles. The van der Waals surface area contributed by atoms with E-state index >= 15 is 0 Å². The summed E-state index contributed by atoms with van der Waals surface area (Å²) in [7, 11) is 0. The first-order chi connectivity index (χ1) is 27.2. The maximum Gasteiger partial charge on any atom is 0.102 e. The SMILES string of the molecule is N#Cc1c(-c2ccccc2-n2c3ccccc3c3cccc(C#N)c32)cccc1-n1c2ccccc2c2cc(-n3c4ccccc4c4ccccc43)ccc21. The number of benzene rings is 8. The second kappa shape index (κ2) is 11.8. The molecule has 0 fully saturated rings. The Kier molecular flexibility index (Phi) is 6.61. The van der Waals surface area contributed by atoms with Gasteiger partial charge in [0, 0.05) is 49.1 Å². The summed E-state index contributed by atoms with van der Waals surface area (Å²) in [5.41, 5.74) is 11.9. The summed E-state index contributed by atoms with van der Waals surface area (Å²) in [6, 6.07) is 65.8. The zero-order valence-corrected chi connectivity index (χ0v) is 29.5. The molecule has 0 aliphatic heterocycles. The lowest BCUT2D eigenvalue weighted by Gasteiger charge is -2.18. The van der Waals surface area contributed by atoms with Crippen molar-refractivity contribution in [3.05, 3.63) is 187 Å². The van der Waals surface area contributed by atoms with Crippen LogP contribution in [-0.4, -0.2) is 13.7 Å². The van der Waals surface area contributed by atoms with Crippen LogP contribution < -0.4 is 0 Å². The van der Waals surface area contributed by atoms with Crippen molar-refractivity contribution in [2.24, 2.45) is 0 Å². The van der Waals surface area contributed by atoms with E-state index in [4.69, 9.17) is 0 Å². The third-order valence-electron chi connectivity index (χ3n) is 11.1. The Morgan fingerprint density at radius 1 is 0.345 bits per heavy atom. The fraction of sp³-hybridized carbons (Fsp3) is 0.